The van der Waals surface area contributed by atoms with E-state index in [2.05, 4.69) is 41.4 Å². The van der Waals surface area contributed by atoms with Gasteiger partial charge in [-0.2, -0.15) is 0 Å². The van der Waals surface area contributed by atoms with Crippen LogP contribution in [-0.2, 0) is 16.0 Å². The fourth-order valence-electron chi connectivity index (χ4n) is 3.47. The number of carbonyl (C=O) groups excluding carboxylic acids is 2. The molecule has 1 aromatic rings. The predicted molar refractivity (Wildman–Crippen MR) is 84.3 cm³/mol. The molecule has 2 atom stereocenters. The molecule has 1 aromatic carbocycles. The summed E-state index contributed by atoms with van der Waals surface area (Å²) in [6.07, 6.45) is 1.07. The Labute approximate surface area is 131 Å². The van der Waals surface area contributed by atoms with E-state index in [9.17, 15) is 9.59 Å². The van der Waals surface area contributed by atoms with Gasteiger partial charge >= 0.3 is 11.8 Å². The summed E-state index contributed by atoms with van der Waals surface area (Å²) in [6.45, 7) is 6.25. The first-order chi connectivity index (χ1) is 10.6. The van der Waals surface area contributed by atoms with E-state index in [0.717, 1.165) is 26.1 Å². The average Bonchev–Trinajstić information content (AvgIpc) is 2.52. The first-order valence-corrected chi connectivity index (χ1v) is 7.98. The molecule has 3 rings (SSSR count). The van der Waals surface area contributed by atoms with Crippen LogP contribution in [0.25, 0.3) is 0 Å². The maximum atomic E-state index is 11.8. The molecule has 0 bridgehead atoms. The molecule has 118 valence electrons. The van der Waals surface area contributed by atoms with Crippen LogP contribution in [0.5, 0.6) is 0 Å². The third kappa shape index (κ3) is 3.30. The molecule has 2 aliphatic heterocycles. The predicted octanol–water partition coefficient (Wildman–Crippen LogP) is 0.508. The van der Waals surface area contributed by atoms with E-state index in [4.69, 9.17) is 0 Å². The lowest BCUT2D eigenvalue weighted by Gasteiger charge is -2.44. The summed E-state index contributed by atoms with van der Waals surface area (Å²) in [5, 5.41) is 2.69. The number of nitrogens with zero attached hydrogens (tertiary/aromatic N) is 2. The quantitative estimate of drug-likeness (QED) is 0.825. The summed E-state index contributed by atoms with van der Waals surface area (Å²) in [6, 6.07) is 10.7. The summed E-state index contributed by atoms with van der Waals surface area (Å²) >= 11 is 0. The molecular weight excluding hydrogens is 278 g/mol. The molecule has 0 aliphatic carbocycles. The van der Waals surface area contributed by atoms with Gasteiger partial charge in [-0.1, -0.05) is 37.3 Å². The first-order valence-electron chi connectivity index (χ1n) is 7.98. The maximum absolute atomic E-state index is 11.8. The van der Waals surface area contributed by atoms with Gasteiger partial charge in [-0.15, -0.1) is 0 Å². The number of nitrogens with one attached hydrogen (secondary N) is 1. The molecule has 1 N–H and O–H groups in total. The largest absolute Gasteiger partial charge is 0.346 e. The monoisotopic (exact) mass is 301 g/mol. The van der Waals surface area contributed by atoms with E-state index < -0.39 is 5.91 Å². The van der Waals surface area contributed by atoms with Crippen LogP contribution in [-0.4, -0.2) is 60.4 Å². The van der Waals surface area contributed by atoms with E-state index >= 15 is 0 Å². The van der Waals surface area contributed by atoms with Gasteiger partial charge in [0, 0.05) is 32.7 Å². The molecule has 2 aliphatic rings. The fourth-order valence-corrected chi connectivity index (χ4v) is 3.47. The maximum Gasteiger partial charge on any atom is 0.312 e. The molecule has 2 saturated heterocycles. The highest BCUT2D eigenvalue weighted by Gasteiger charge is 2.37. The summed E-state index contributed by atoms with van der Waals surface area (Å²) in [5.74, 6) is -0.252. The van der Waals surface area contributed by atoms with Crippen molar-refractivity contribution in [1.82, 2.24) is 15.1 Å². The number of fused-ring (bicyclic) bond motifs is 1. The van der Waals surface area contributed by atoms with Crippen LogP contribution in [0.15, 0.2) is 30.3 Å². The smallest absolute Gasteiger partial charge is 0.312 e. The van der Waals surface area contributed by atoms with Crippen LogP contribution in [0.4, 0.5) is 0 Å². The second-order valence-electron chi connectivity index (χ2n) is 6.42. The number of hydrogen-bond donors (Lipinski definition) is 1. The molecule has 5 heteroatoms. The number of amides is 2. The van der Waals surface area contributed by atoms with Crippen LogP contribution in [0, 0.1) is 5.92 Å². The molecule has 0 radical (unpaired) electrons. The Kier molecular flexibility index (Phi) is 4.43. The number of rotatable bonds is 4. The van der Waals surface area contributed by atoms with E-state index in [1.54, 1.807) is 4.90 Å². The Bertz CT molecular complexity index is 546. The van der Waals surface area contributed by atoms with Crippen molar-refractivity contribution < 1.29 is 9.59 Å². The van der Waals surface area contributed by atoms with Crippen LogP contribution in [0.1, 0.15) is 12.5 Å². The van der Waals surface area contributed by atoms with Crippen LogP contribution < -0.4 is 5.32 Å². The van der Waals surface area contributed by atoms with Crippen molar-refractivity contribution in [3.63, 3.8) is 0 Å². The molecule has 22 heavy (non-hydrogen) atoms. The Morgan fingerprint density at radius 2 is 2.00 bits per heavy atom. The summed E-state index contributed by atoms with van der Waals surface area (Å²) in [4.78, 5) is 27.4. The van der Waals surface area contributed by atoms with Gasteiger partial charge in [0.15, 0.2) is 0 Å². The summed E-state index contributed by atoms with van der Waals surface area (Å²) in [7, 11) is 0. The lowest BCUT2D eigenvalue weighted by atomic mass is 9.99. The normalized spacial score (nSPS) is 23.9. The minimum absolute atomic E-state index is 0.128. The van der Waals surface area contributed by atoms with Crippen molar-refractivity contribution in [2.45, 2.75) is 19.4 Å². The van der Waals surface area contributed by atoms with Gasteiger partial charge in [0.2, 0.25) is 0 Å². The third-order valence-corrected chi connectivity index (χ3v) is 4.52. The zero-order chi connectivity index (χ0) is 15.5. The van der Waals surface area contributed by atoms with Crippen molar-refractivity contribution in [1.29, 1.82) is 0 Å². The van der Waals surface area contributed by atoms with Gasteiger partial charge in [0.25, 0.3) is 0 Å². The molecule has 2 amide bonds. The topological polar surface area (TPSA) is 52.7 Å². The van der Waals surface area contributed by atoms with Crippen molar-refractivity contribution in [2.75, 3.05) is 32.7 Å². The van der Waals surface area contributed by atoms with Gasteiger partial charge in [-0.3, -0.25) is 14.5 Å². The van der Waals surface area contributed by atoms with Gasteiger partial charge in [0.05, 0.1) is 6.04 Å². The average molecular weight is 301 g/mol. The van der Waals surface area contributed by atoms with Crippen molar-refractivity contribution in [3.05, 3.63) is 35.9 Å². The highest BCUT2D eigenvalue weighted by atomic mass is 16.2. The molecule has 0 unspecified atom stereocenters. The SMILES string of the molecule is C[C@H](Cc1ccccc1)CN1CCN2C(=O)C(=O)NC[C@H]2C1. The van der Waals surface area contributed by atoms with E-state index in [1.807, 2.05) is 6.07 Å². The highest BCUT2D eigenvalue weighted by molar-refractivity contribution is 6.35. The second-order valence-corrected chi connectivity index (χ2v) is 6.42. The number of benzene rings is 1. The van der Waals surface area contributed by atoms with E-state index in [-0.39, 0.29) is 11.9 Å². The fraction of sp³-hybridized carbons (Fsp3) is 0.529. The molecule has 0 saturated carbocycles. The zero-order valence-corrected chi connectivity index (χ0v) is 13.0. The minimum Gasteiger partial charge on any atom is -0.346 e. The van der Waals surface area contributed by atoms with Gasteiger partial charge in [-0.25, -0.2) is 0 Å². The molecule has 5 nitrogen and oxygen atoms in total. The Morgan fingerprint density at radius 3 is 2.77 bits per heavy atom. The van der Waals surface area contributed by atoms with Crippen LogP contribution in [0.2, 0.25) is 0 Å². The van der Waals surface area contributed by atoms with Gasteiger partial charge < -0.3 is 10.2 Å². The standard InChI is InChI=1S/C17H23N3O2/c1-13(9-14-5-3-2-4-6-14)11-19-7-8-20-15(12-19)10-18-16(21)17(20)22/h2-6,13,15H,7-12H2,1H3,(H,18,21)/t13-,15+/m1/s1. The van der Waals surface area contributed by atoms with Crippen LogP contribution in [0.3, 0.4) is 0 Å². The molecule has 0 spiro atoms. The van der Waals surface area contributed by atoms with Crippen molar-refractivity contribution in [3.8, 4) is 0 Å². The molecule has 2 heterocycles. The van der Waals surface area contributed by atoms with Crippen molar-refractivity contribution in [2.24, 2.45) is 5.92 Å². The van der Waals surface area contributed by atoms with Gasteiger partial charge in [0.1, 0.15) is 0 Å². The van der Waals surface area contributed by atoms with Crippen LogP contribution >= 0.6 is 0 Å². The minimum atomic E-state index is -0.456. The molecular formula is C17H23N3O2. The Hall–Kier alpha value is -1.88. The van der Waals surface area contributed by atoms with E-state index in [1.165, 1.54) is 5.56 Å². The first kappa shape index (κ1) is 15.0. The third-order valence-electron chi connectivity index (χ3n) is 4.52. The molecule has 2 fully saturated rings. The summed E-state index contributed by atoms with van der Waals surface area (Å²) < 4.78 is 0. The Balaban J connectivity index is 1.52. The second kappa shape index (κ2) is 6.48. The van der Waals surface area contributed by atoms with Gasteiger partial charge in [-0.05, 0) is 17.9 Å². The summed E-state index contributed by atoms with van der Waals surface area (Å²) in [5.41, 5.74) is 1.37. The number of hydrogen-bond acceptors (Lipinski definition) is 3. The zero-order valence-electron chi connectivity index (χ0n) is 13.0. The highest BCUT2D eigenvalue weighted by Crippen LogP contribution is 2.16. The van der Waals surface area contributed by atoms with Crippen molar-refractivity contribution >= 4 is 11.8 Å². The number of carbonyl (C=O) groups is 2. The van der Waals surface area contributed by atoms with E-state index in [0.29, 0.717) is 19.0 Å². The number of piperazine rings is 2. The lowest BCUT2D eigenvalue weighted by molar-refractivity contribution is -0.152. The Morgan fingerprint density at radius 1 is 1.23 bits per heavy atom. The molecule has 0 aromatic heterocycles. The lowest BCUT2D eigenvalue weighted by Crippen LogP contribution is -2.65.